The Morgan fingerprint density at radius 3 is 1.59 bits per heavy atom. The molecule has 0 saturated heterocycles. The van der Waals surface area contributed by atoms with Gasteiger partial charge in [0.05, 0.1) is 15.1 Å². The van der Waals surface area contributed by atoms with Crippen LogP contribution < -0.4 is 0 Å². The molecule has 182 valence electrons. The van der Waals surface area contributed by atoms with E-state index in [1.165, 1.54) is 0 Å². The Bertz CT molecular complexity index is 2670. The Hall–Kier alpha value is -5.14. The number of hydrogen-bond donors (Lipinski definition) is 0. The zero-order valence-corrected chi connectivity index (χ0v) is 20.4. The quantitative estimate of drug-likeness (QED) is 0.217. The molecule has 1 heteroatoms. The lowest BCUT2D eigenvalue weighted by Gasteiger charge is -2.18. The van der Waals surface area contributed by atoms with Gasteiger partial charge in [-0.15, -0.1) is 0 Å². The van der Waals surface area contributed by atoms with Gasteiger partial charge in [-0.1, -0.05) is 127 Å². The zero-order valence-electron chi connectivity index (χ0n) is 31.4. The molecular formula is C38H24O. The third-order valence-electron chi connectivity index (χ3n) is 7.05. The van der Waals surface area contributed by atoms with Gasteiger partial charge in [0.2, 0.25) is 0 Å². The molecule has 0 radical (unpaired) electrons. The van der Waals surface area contributed by atoms with E-state index >= 15 is 0 Å². The Labute approximate surface area is 242 Å². The first-order valence-electron chi connectivity index (χ1n) is 18.0. The SMILES string of the molecule is [2H]c1c([2H])c([2H])c2c(-c3c([2H])c([2H])c4c(oc5ccccc54)c3[2H])c3c([2H])c([2H])c([2H])c([2H])c3c(-c3ccc(-c4ccccc4)cc3)c2c1[2H]. The molecule has 0 N–H and O–H groups in total. The highest BCUT2D eigenvalue weighted by atomic mass is 16.3. The molecule has 0 aliphatic carbocycles. The van der Waals surface area contributed by atoms with Gasteiger partial charge in [0.1, 0.15) is 11.2 Å². The summed E-state index contributed by atoms with van der Waals surface area (Å²) < 4.78 is 105. The van der Waals surface area contributed by atoms with Gasteiger partial charge in [0.25, 0.3) is 0 Å². The van der Waals surface area contributed by atoms with Crippen LogP contribution in [0.5, 0.6) is 0 Å². The van der Waals surface area contributed by atoms with Crippen LogP contribution in [0.15, 0.2) is 150 Å². The standard InChI is InChI=1S/C38H24O/c1-2-10-25(11-3-1)26-18-20-27(21-19-26)37-31-13-4-6-15-33(31)38(34-16-7-5-14-32(34)37)28-22-23-30-29-12-8-9-17-35(29)39-36(30)24-28/h1-24H/i4D,5D,6D,7D,13D,14D,15D,16D,22D,23D,24D. The average Bonchev–Trinajstić information content (AvgIpc) is 3.53. The second-order valence-corrected chi connectivity index (χ2v) is 9.25. The van der Waals surface area contributed by atoms with Crippen molar-refractivity contribution >= 4 is 43.5 Å². The monoisotopic (exact) mass is 507 g/mol. The first-order valence-corrected chi connectivity index (χ1v) is 12.5. The number of hydrogen-bond acceptors (Lipinski definition) is 1. The number of fused-ring (bicyclic) bond motifs is 5. The van der Waals surface area contributed by atoms with Crippen molar-refractivity contribution in [3.05, 3.63) is 145 Å². The van der Waals surface area contributed by atoms with Crippen molar-refractivity contribution in [2.45, 2.75) is 0 Å². The molecule has 0 fully saturated rings. The van der Waals surface area contributed by atoms with Crippen molar-refractivity contribution in [2.75, 3.05) is 0 Å². The van der Waals surface area contributed by atoms with Gasteiger partial charge in [-0.25, -0.2) is 0 Å². The fourth-order valence-corrected chi connectivity index (χ4v) is 5.28. The van der Waals surface area contributed by atoms with E-state index in [0.29, 0.717) is 16.5 Å². The molecule has 0 unspecified atom stereocenters. The molecule has 8 aromatic rings. The second kappa shape index (κ2) is 8.72. The van der Waals surface area contributed by atoms with Crippen molar-refractivity contribution in [2.24, 2.45) is 0 Å². The average molecular weight is 508 g/mol. The first kappa shape index (κ1) is 13.6. The summed E-state index contributed by atoms with van der Waals surface area (Å²) in [5, 5.41) is 0.415. The highest BCUT2D eigenvalue weighted by Crippen LogP contribution is 2.44. The molecule has 8 rings (SSSR count). The van der Waals surface area contributed by atoms with Gasteiger partial charge in [-0.3, -0.25) is 0 Å². The third kappa shape index (κ3) is 3.48. The van der Waals surface area contributed by atoms with Crippen LogP contribution in [-0.4, -0.2) is 0 Å². The summed E-state index contributed by atoms with van der Waals surface area (Å²) in [6, 6.07) is 18.3. The molecule has 7 aromatic carbocycles. The number of benzene rings is 7. The van der Waals surface area contributed by atoms with Crippen LogP contribution in [0.25, 0.3) is 76.9 Å². The minimum absolute atomic E-state index is 0.0225. The Morgan fingerprint density at radius 2 is 0.923 bits per heavy atom. The van der Waals surface area contributed by atoms with Crippen molar-refractivity contribution < 1.29 is 19.5 Å². The second-order valence-electron chi connectivity index (χ2n) is 9.25. The number of rotatable bonds is 3. The van der Waals surface area contributed by atoms with Gasteiger partial charge < -0.3 is 4.42 Å². The van der Waals surface area contributed by atoms with Gasteiger partial charge in [-0.2, -0.15) is 0 Å². The maximum atomic E-state index is 9.38. The van der Waals surface area contributed by atoms with E-state index in [0.717, 1.165) is 11.1 Å². The van der Waals surface area contributed by atoms with E-state index in [9.17, 15) is 5.48 Å². The Morgan fingerprint density at radius 1 is 0.385 bits per heavy atom. The molecular weight excluding hydrogens is 472 g/mol. The molecule has 39 heavy (non-hydrogen) atoms. The van der Waals surface area contributed by atoms with Crippen LogP contribution in [-0.2, 0) is 0 Å². The predicted molar refractivity (Wildman–Crippen MR) is 165 cm³/mol. The van der Waals surface area contributed by atoms with Crippen LogP contribution in [0.3, 0.4) is 0 Å². The summed E-state index contributed by atoms with van der Waals surface area (Å²) in [6.45, 7) is 0. The normalized spacial score (nSPS) is 15.5. The molecule has 0 amide bonds. The largest absolute Gasteiger partial charge is 0.456 e. The van der Waals surface area contributed by atoms with E-state index in [4.69, 9.17) is 14.0 Å². The van der Waals surface area contributed by atoms with Crippen LogP contribution in [0.4, 0.5) is 0 Å². The molecule has 0 bridgehead atoms. The van der Waals surface area contributed by atoms with E-state index in [-0.39, 0.29) is 61.3 Å². The van der Waals surface area contributed by atoms with Crippen LogP contribution in [0.1, 0.15) is 15.1 Å². The molecule has 0 saturated carbocycles. The molecule has 1 heterocycles. The van der Waals surface area contributed by atoms with Crippen LogP contribution in [0, 0.1) is 0 Å². The summed E-state index contributed by atoms with van der Waals surface area (Å²) in [6.07, 6.45) is 0. The molecule has 0 atom stereocenters. The van der Waals surface area contributed by atoms with Gasteiger partial charge >= 0.3 is 0 Å². The lowest BCUT2D eigenvalue weighted by Crippen LogP contribution is -1.91. The fourth-order valence-electron chi connectivity index (χ4n) is 5.28. The minimum atomic E-state index is -0.594. The van der Waals surface area contributed by atoms with Crippen molar-refractivity contribution in [1.29, 1.82) is 0 Å². The zero-order chi connectivity index (χ0) is 35.3. The molecule has 0 aliphatic rings. The van der Waals surface area contributed by atoms with E-state index in [2.05, 4.69) is 0 Å². The number of para-hydroxylation sites is 1. The van der Waals surface area contributed by atoms with Crippen molar-refractivity contribution in [3.8, 4) is 33.4 Å². The van der Waals surface area contributed by atoms with E-state index < -0.39 is 54.4 Å². The highest BCUT2D eigenvalue weighted by molar-refractivity contribution is 6.22. The van der Waals surface area contributed by atoms with Crippen LogP contribution >= 0.6 is 0 Å². The minimum Gasteiger partial charge on any atom is -0.456 e. The summed E-state index contributed by atoms with van der Waals surface area (Å²) in [5.41, 5.74) is 2.36. The summed E-state index contributed by atoms with van der Waals surface area (Å²) >= 11 is 0. The lowest BCUT2D eigenvalue weighted by molar-refractivity contribution is 0.669. The predicted octanol–water partition coefficient (Wildman–Crippen LogP) is 10.9. The molecule has 0 aliphatic heterocycles. The maximum Gasteiger partial charge on any atom is 0.136 e. The van der Waals surface area contributed by atoms with Crippen LogP contribution in [0.2, 0.25) is 0 Å². The Kier molecular flexibility index (Phi) is 3.04. The van der Waals surface area contributed by atoms with Crippen molar-refractivity contribution in [1.82, 2.24) is 0 Å². The topological polar surface area (TPSA) is 13.1 Å². The van der Waals surface area contributed by atoms with Gasteiger partial charge in [0.15, 0.2) is 0 Å². The summed E-state index contributed by atoms with van der Waals surface area (Å²) in [4.78, 5) is 0. The van der Waals surface area contributed by atoms with E-state index in [1.54, 1.807) is 36.4 Å². The summed E-state index contributed by atoms with van der Waals surface area (Å²) in [7, 11) is 0. The molecule has 1 nitrogen and oxygen atoms in total. The van der Waals surface area contributed by atoms with E-state index in [1.807, 2.05) is 42.5 Å². The first-order chi connectivity index (χ1) is 23.9. The van der Waals surface area contributed by atoms with Crippen molar-refractivity contribution in [3.63, 3.8) is 0 Å². The molecule has 0 spiro atoms. The maximum absolute atomic E-state index is 9.38. The van der Waals surface area contributed by atoms with Gasteiger partial charge in [-0.05, 0) is 73.1 Å². The Balaban J connectivity index is 1.63. The fraction of sp³-hybridized carbons (Fsp3) is 0. The third-order valence-corrected chi connectivity index (χ3v) is 7.05. The highest BCUT2D eigenvalue weighted by Gasteiger charge is 2.17. The summed E-state index contributed by atoms with van der Waals surface area (Å²) in [5.74, 6) is 0. The smallest absolute Gasteiger partial charge is 0.136 e. The number of furan rings is 1. The van der Waals surface area contributed by atoms with Gasteiger partial charge in [0, 0.05) is 10.8 Å². The molecule has 1 aromatic heterocycles. The lowest BCUT2D eigenvalue weighted by atomic mass is 9.85.